The number of carbonyl (C=O) groups is 3. The minimum absolute atomic E-state index is 0.0232. The molecule has 180 valence electrons. The van der Waals surface area contributed by atoms with E-state index in [0.29, 0.717) is 5.57 Å². The predicted molar refractivity (Wildman–Crippen MR) is 129 cm³/mol. The summed E-state index contributed by atoms with van der Waals surface area (Å²) in [4.78, 5) is 42.2. The Bertz CT molecular complexity index is 830. The van der Waals surface area contributed by atoms with E-state index in [1.807, 2.05) is 38.7 Å². The highest BCUT2D eigenvalue weighted by Crippen LogP contribution is 2.41. The summed E-state index contributed by atoms with van der Waals surface area (Å²) in [5.41, 5.74) is -0.866. The normalized spacial score (nSPS) is 22.6. The molecule has 2 rings (SSSR count). The van der Waals surface area contributed by atoms with Crippen molar-refractivity contribution in [2.45, 2.75) is 92.2 Å². The molecule has 2 atom stereocenters. The fourth-order valence-corrected chi connectivity index (χ4v) is 5.85. The van der Waals surface area contributed by atoms with Gasteiger partial charge in [-0.3, -0.25) is 4.79 Å². The molecule has 6 nitrogen and oxygen atoms in total. The van der Waals surface area contributed by atoms with Gasteiger partial charge in [0.1, 0.15) is 11.2 Å². The zero-order chi connectivity index (χ0) is 24.6. The Balaban J connectivity index is 2.68. The first-order valence-corrected chi connectivity index (χ1v) is 15.1. The van der Waals surface area contributed by atoms with Crippen LogP contribution in [0.25, 0.3) is 0 Å². The van der Waals surface area contributed by atoms with Crippen LogP contribution in [0.1, 0.15) is 61.3 Å². The highest BCUT2D eigenvalue weighted by Gasteiger charge is 2.45. The van der Waals surface area contributed by atoms with Crippen LogP contribution in [-0.4, -0.2) is 55.1 Å². The molecular formula is C25H41NO5Si. The maximum absolute atomic E-state index is 13.4. The molecule has 0 saturated carbocycles. The summed E-state index contributed by atoms with van der Waals surface area (Å²) in [6.45, 7) is 20.5. The smallest absolute Gasteiger partial charge is 0.339 e. The monoisotopic (exact) mass is 463 g/mol. The summed E-state index contributed by atoms with van der Waals surface area (Å²) < 4.78 is 11.5. The molecule has 0 radical (unpaired) electrons. The van der Waals surface area contributed by atoms with Crippen LogP contribution in [0.3, 0.4) is 0 Å². The van der Waals surface area contributed by atoms with Gasteiger partial charge in [-0.15, -0.1) is 0 Å². The predicted octanol–water partition coefficient (Wildman–Crippen LogP) is 4.66. The molecule has 2 aliphatic rings. The van der Waals surface area contributed by atoms with Gasteiger partial charge in [0.15, 0.2) is 0 Å². The maximum atomic E-state index is 13.4. The number of rotatable bonds is 4. The van der Waals surface area contributed by atoms with Gasteiger partial charge < -0.3 is 14.4 Å². The lowest BCUT2D eigenvalue weighted by atomic mass is 9.79. The molecule has 1 saturated heterocycles. The van der Waals surface area contributed by atoms with E-state index in [2.05, 4.69) is 19.6 Å². The number of hydrogen-bond donors (Lipinski definition) is 0. The zero-order valence-electron chi connectivity index (χ0n) is 21.5. The van der Waals surface area contributed by atoms with Crippen molar-refractivity contribution in [1.82, 2.24) is 4.90 Å². The van der Waals surface area contributed by atoms with Crippen molar-refractivity contribution in [2.75, 3.05) is 13.1 Å². The minimum Gasteiger partial charge on any atom is -0.457 e. The van der Waals surface area contributed by atoms with E-state index in [1.54, 1.807) is 20.8 Å². The van der Waals surface area contributed by atoms with Gasteiger partial charge in [0.2, 0.25) is 5.91 Å². The molecular weight excluding hydrogens is 422 g/mol. The van der Waals surface area contributed by atoms with Crippen LogP contribution in [-0.2, 0) is 23.9 Å². The first-order valence-electron chi connectivity index (χ1n) is 11.6. The number of nitrogens with zero attached hydrogens (tertiary/aromatic N) is 1. The third-order valence-electron chi connectivity index (χ3n) is 5.61. The molecule has 0 N–H and O–H groups in total. The quantitative estimate of drug-likeness (QED) is 0.448. The Morgan fingerprint density at radius 3 is 1.81 bits per heavy atom. The Morgan fingerprint density at radius 2 is 1.38 bits per heavy atom. The lowest BCUT2D eigenvalue weighted by molar-refractivity contribution is -0.154. The fourth-order valence-electron chi connectivity index (χ4n) is 4.19. The van der Waals surface area contributed by atoms with Crippen molar-refractivity contribution in [3.05, 3.63) is 22.4 Å². The van der Waals surface area contributed by atoms with Crippen LogP contribution in [0.15, 0.2) is 22.4 Å². The lowest BCUT2D eigenvalue weighted by Crippen LogP contribution is -2.44. The molecule has 0 aromatic rings. The summed E-state index contributed by atoms with van der Waals surface area (Å²) in [5, 5.41) is 0.795. The van der Waals surface area contributed by atoms with E-state index in [1.165, 1.54) is 0 Å². The number of esters is 2. The van der Waals surface area contributed by atoms with E-state index in [0.717, 1.165) is 31.1 Å². The van der Waals surface area contributed by atoms with Gasteiger partial charge in [-0.2, -0.15) is 0 Å². The molecule has 7 heteroatoms. The highest BCUT2D eigenvalue weighted by atomic mass is 28.3. The molecule has 32 heavy (non-hydrogen) atoms. The summed E-state index contributed by atoms with van der Waals surface area (Å²) in [7, 11) is -2.14. The molecule has 0 bridgehead atoms. The Morgan fingerprint density at radius 1 is 0.906 bits per heavy atom. The highest BCUT2D eigenvalue weighted by molar-refractivity contribution is 6.84. The lowest BCUT2D eigenvalue weighted by Gasteiger charge is -2.37. The largest absolute Gasteiger partial charge is 0.457 e. The number of ether oxygens (including phenoxy) is 2. The van der Waals surface area contributed by atoms with E-state index in [4.69, 9.17) is 9.47 Å². The van der Waals surface area contributed by atoms with Crippen molar-refractivity contribution >= 4 is 25.9 Å². The van der Waals surface area contributed by atoms with E-state index in [9.17, 15) is 14.4 Å². The average molecular weight is 464 g/mol. The Labute approximate surface area is 194 Å². The first-order chi connectivity index (χ1) is 14.4. The molecule has 1 heterocycles. The first kappa shape index (κ1) is 26.4. The number of amides is 1. The van der Waals surface area contributed by atoms with Gasteiger partial charge >= 0.3 is 11.9 Å². The molecule has 1 fully saturated rings. The fraction of sp³-hybridized carbons (Fsp3) is 0.720. The van der Waals surface area contributed by atoms with Gasteiger partial charge in [0, 0.05) is 19.0 Å². The van der Waals surface area contributed by atoms with Gasteiger partial charge in [-0.05, 0) is 59.6 Å². The van der Waals surface area contributed by atoms with Crippen LogP contribution < -0.4 is 0 Å². The second-order valence-corrected chi connectivity index (χ2v) is 17.0. The molecule has 1 amide bonds. The van der Waals surface area contributed by atoms with Gasteiger partial charge in [-0.1, -0.05) is 32.6 Å². The van der Waals surface area contributed by atoms with Crippen LogP contribution in [0.4, 0.5) is 0 Å². The second-order valence-electron chi connectivity index (χ2n) is 12.0. The SMILES string of the molecule is C[C@H]1C(C(=O)OC(C)(C)C)=C(C(=O)OC(C)(C)C)C([Si](C)(C)C)=C[C@@H]1C(=O)N1CCCC1. The number of likely N-dealkylation sites (tertiary alicyclic amines) is 1. The van der Waals surface area contributed by atoms with Crippen LogP contribution in [0.2, 0.25) is 19.6 Å². The number of hydrogen-bond acceptors (Lipinski definition) is 5. The molecule has 1 aliphatic heterocycles. The molecule has 0 spiro atoms. The van der Waals surface area contributed by atoms with Crippen LogP contribution in [0.5, 0.6) is 0 Å². The molecule has 1 aliphatic carbocycles. The summed E-state index contributed by atoms with van der Waals surface area (Å²) in [6, 6.07) is 0. The zero-order valence-corrected chi connectivity index (χ0v) is 22.5. The number of carbonyl (C=O) groups excluding carboxylic acids is 3. The minimum atomic E-state index is -2.14. The maximum Gasteiger partial charge on any atom is 0.339 e. The second kappa shape index (κ2) is 9.16. The van der Waals surface area contributed by atoms with Gasteiger partial charge in [0.25, 0.3) is 0 Å². The van der Waals surface area contributed by atoms with Gasteiger partial charge in [0.05, 0.1) is 25.1 Å². The van der Waals surface area contributed by atoms with Crippen molar-refractivity contribution in [1.29, 1.82) is 0 Å². The molecule has 0 aromatic heterocycles. The van der Waals surface area contributed by atoms with E-state index in [-0.39, 0.29) is 11.5 Å². The summed E-state index contributed by atoms with van der Waals surface area (Å²) in [5.74, 6) is -2.03. The third-order valence-corrected chi connectivity index (χ3v) is 7.64. The van der Waals surface area contributed by atoms with Crippen molar-refractivity contribution in [3.63, 3.8) is 0 Å². The Hall–Kier alpha value is -1.89. The van der Waals surface area contributed by atoms with Gasteiger partial charge in [-0.25, -0.2) is 9.59 Å². The van der Waals surface area contributed by atoms with E-state index >= 15 is 0 Å². The van der Waals surface area contributed by atoms with Crippen LogP contribution in [0, 0.1) is 11.8 Å². The standard InChI is InChI=1S/C25H41NO5Si/c1-16-17(21(27)26-13-11-12-14-26)15-18(32(8,9)10)20(23(29)31-25(5,6)7)19(16)22(28)30-24(2,3)4/h15-17H,11-14H2,1-10H3/t16-,17+/m1/s1. The van der Waals surface area contributed by atoms with Crippen molar-refractivity contribution in [3.8, 4) is 0 Å². The van der Waals surface area contributed by atoms with Crippen LogP contribution >= 0.6 is 0 Å². The average Bonchev–Trinajstić information content (AvgIpc) is 3.10. The molecule has 0 aromatic carbocycles. The third kappa shape index (κ3) is 6.33. The molecule has 0 unspecified atom stereocenters. The summed E-state index contributed by atoms with van der Waals surface area (Å²) in [6.07, 6.45) is 3.94. The van der Waals surface area contributed by atoms with Crippen molar-refractivity contribution in [2.24, 2.45) is 11.8 Å². The summed E-state index contributed by atoms with van der Waals surface area (Å²) >= 11 is 0. The Kier molecular flexibility index (Phi) is 7.54. The topological polar surface area (TPSA) is 72.9 Å². The van der Waals surface area contributed by atoms with Crippen molar-refractivity contribution < 1.29 is 23.9 Å². The van der Waals surface area contributed by atoms with E-state index < -0.39 is 43.1 Å².